The third-order valence-electron chi connectivity index (χ3n) is 2.12. The van der Waals surface area contributed by atoms with Crippen LogP contribution in [-0.2, 0) is 0 Å². The fraction of sp³-hybridized carbons (Fsp3) is 0.444. The number of pyridine rings is 1. The van der Waals surface area contributed by atoms with Gasteiger partial charge in [0.05, 0.1) is 0 Å². The van der Waals surface area contributed by atoms with Crippen molar-refractivity contribution in [1.82, 2.24) is 10.3 Å². The van der Waals surface area contributed by atoms with Gasteiger partial charge in [0.2, 0.25) is 0 Å². The molecule has 2 rings (SSSR count). The summed E-state index contributed by atoms with van der Waals surface area (Å²) < 4.78 is 0. The van der Waals surface area contributed by atoms with Gasteiger partial charge >= 0.3 is 0 Å². The average molecular weight is 148 g/mol. The molecule has 58 valence electrons. The number of rotatable bonds is 1. The molecule has 1 aliphatic rings. The molecule has 1 aromatic rings. The van der Waals surface area contributed by atoms with E-state index in [9.17, 15) is 0 Å². The van der Waals surface area contributed by atoms with E-state index < -0.39 is 0 Å². The van der Waals surface area contributed by atoms with E-state index in [1.54, 1.807) is 0 Å². The minimum absolute atomic E-state index is 0.572. The first kappa shape index (κ1) is 6.80. The van der Waals surface area contributed by atoms with E-state index in [1.165, 1.54) is 17.5 Å². The minimum Gasteiger partial charge on any atom is -0.310 e. The van der Waals surface area contributed by atoms with Crippen molar-refractivity contribution in [2.45, 2.75) is 19.4 Å². The zero-order valence-corrected chi connectivity index (χ0v) is 6.67. The highest BCUT2D eigenvalue weighted by atomic mass is 15.0. The van der Waals surface area contributed by atoms with E-state index in [-0.39, 0.29) is 0 Å². The Hall–Kier alpha value is -0.890. The number of nitrogens with one attached hydrogen (secondary N) is 1. The molecule has 0 bridgehead atoms. The van der Waals surface area contributed by atoms with Crippen LogP contribution in [0.25, 0.3) is 0 Å². The van der Waals surface area contributed by atoms with Crippen molar-refractivity contribution in [2.24, 2.45) is 0 Å². The lowest BCUT2D eigenvalue weighted by molar-refractivity contribution is 0.382. The van der Waals surface area contributed by atoms with Gasteiger partial charge < -0.3 is 5.32 Å². The van der Waals surface area contributed by atoms with E-state index in [0.717, 1.165) is 6.54 Å². The van der Waals surface area contributed by atoms with Crippen LogP contribution in [0.4, 0.5) is 0 Å². The molecule has 0 aromatic carbocycles. The molecular formula is C9H12N2. The SMILES string of the molecule is Cc1cncc([C@H]2CCN2)c1. The number of hydrogen-bond donors (Lipinski definition) is 1. The van der Waals surface area contributed by atoms with Crippen LogP contribution < -0.4 is 5.32 Å². The second-order valence-electron chi connectivity index (χ2n) is 3.09. The van der Waals surface area contributed by atoms with Crippen LogP contribution in [-0.4, -0.2) is 11.5 Å². The van der Waals surface area contributed by atoms with Crippen molar-refractivity contribution in [3.8, 4) is 0 Å². The van der Waals surface area contributed by atoms with Crippen LogP contribution in [0.3, 0.4) is 0 Å². The Morgan fingerprint density at radius 2 is 2.36 bits per heavy atom. The molecule has 0 spiro atoms. The summed E-state index contributed by atoms with van der Waals surface area (Å²) in [5.74, 6) is 0. The van der Waals surface area contributed by atoms with Crippen LogP contribution in [0.15, 0.2) is 18.5 Å². The van der Waals surface area contributed by atoms with Crippen LogP contribution >= 0.6 is 0 Å². The molecule has 2 heterocycles. The van der Waals surface area contributed by atoms with Crippen LogP contribution in [0, 0.1) is 6.92 Å². The Kier molecular flexibility index (Phi) is 1.62. The van der Waals surface area contributed by atoms with E-state index in [1.807, 2.05) is 12.4 Å². The molecule has 1 fully saturated rings. The van der Waals surface area contributed by atoms with Gasteiger partial charge in [0.25, 0.3) is 0 Å². The van der Waals surface area contributed by atoms with Crippen molar-refractivity contribution in [3.05, 3.63) is 29.6 Å². The maximum absolute atomic E-state index is 4.15. The zero-order valence-electron chi connectivity index (χ0n) is 6.67. The Bertz CT molecular complexity index is 253. The number of aromatic nitrogens is 1. The Balaban J connectivity index is 2.23. The molecule has 11 heavy (non-hydrogen) atoms. The van der Waals surface area contributed by atoms with Gasteiger partial charge in [0, 0.05) is 18.4 Å². The highest BCUT2D eigenvalue weighted by molar-refractivity contribution is 5.21. The van der Waals surface area contributed by atoms with E-state index in [0.29, 0.717) is 6.04 Å². The van der Waals surface area contributed by atoms with Gasteiger partial charge in [-0.05, 0) is 31.0 Å². The molecule has 1 aromatic heterocycles. The highest BCUT2D eigenvalue weighted by Gasteiger charge is 2.17. The van der Waals surface area contributed by atoms with Gasteiger partial charge in [0.1, 0.15) is 0 Å². The van der Waals surface area contributed by atoms with Gasteiger partial charge in [-0.2, -0.15) is 0 Å². The molecule has 1 saturated heterocycles. The zero-order chi connectivity index (χ0) is 7.68. The van der Waals surface area contributed by atoms with Crippen LogP contribution in [0.5, 0.6) is 0 Å². The van der Waals surface area contributed by atoms with E-state index in [4.69, 9.17) is 0 Å². The summed E-state index contributed by atoms with van der Waals surface area (Å²) in [6.07, 6.45) is 5.09. The first-order valence-electron chi connectivity index (χ1n) is 4.01. The molecule has 1 N–H and O–H groups in total. The molecule has 0 amide bonds. The van der Waals surface area contributed by atoms with Crippen molar-refractivity contribution in [1.29, 1.82) is 0 Å². The Morgan fingerprint density at radius 3 is 2.91 bits per heavy atom. The molecule has 2 heteroatoms. The molecule has 0 aliphatic carbocycles. The molecule has 1 atom stereocenters. The lowest BCUT2D eigenvalue weighted by Gasteiger charge is -2.27. The third-order valence-corrected chi connectivity index (χ3v) is 2.12. The molecule has 0 radical (unpaired) electrons. The van der Waals surface area contributed by atoms with Gasteiger partial charge in [-0.15, -0.1) is 0 Å². The summed E-state index contributed by atoms with van der Waals surface area (Å²) in [7, 11) is 0. The summed E-state index contributed by atoms with van der Waals surface area (Å²) in [6, 6.07) is 2.77. The van der Waals surface area contributed by atoms with Crippen molar-refractivity contribution in [3.63, 3.8) is 0 Å². The fourth-order valence-electron chi connectivity index (χ4n) is 1.34. The van der Waals surface area contributed by atoms with Gasteiger partial charge in [-0.3, -0.25) is 4.98 Å². The smallest absolute Gasteiger partial charge is 0.0347 e. The summed E-state index contributed by atoms with van der Waals surface area (Å²) in [4.78, 5) is 4.15. The molecule has 0 saturated carbocycles. The maximum atomic E-state index is 4.15. The molecule has 0 unspecified atom stereocenters. The van der Waals surface area contributed by atoms with Gasteiger partial charge in [-0.25, -0.2) is 0 Å². The van der Waals surface area contributed by atoms with Crippen molar-refractivity contribution >= 4 is 0 Å². The van der Waals surface area contributed by atoms with Crippen molar-refractivity contribution < 1.29 is 0 Å². The summed E-state index contributed by atoms with van der Waals surface area (Å²) in [5.41, 5.74) is 2.58. The molecular weight excluding hydrogens is 136 g/mol. The second kappa shape index (κ2) is 2.62. The second-order valence-corrected chi connectivity index (χ2v) is 3.09. The first-order valence-corrected chi connectivity index (χ1v) is 4.01. The Morgan fingerprint density at radius 1 is 1.55 bits per heavy atom. The lowest BCUT2D eigenvalue weighted by Crippen LogP contribution is -2.34. The minimum atomic E-state index is 0.572. The van der Waals surface area contributed by atoms with E-state index >= 15 is 0 Å². The largest absolute Gasteiger partial charge is 0.310 e. The standard InChI is InChI=1S/C9H12N2/c1-7-4-8(6-10-5-7)9-2-3-11-9/h4-6,9,11H,2-3H2,1H3/t9-/m1/s1. The topological polar surface area (TPSA) is 24.9 Å². The first-order chi connectivity index (χ1) is 5.36. The Labute approximate surface area is 66.7 Å². The van der Waals surface area contributed by atoms with Gasteiger partial charge in [0.15, 0.2) is 0 Å². The lowest BCUT2D eigenvalue weighted by atomic mass is 9.99. The summed E-state index contributed by atoms with van der Waals surface area (Å²) in [6.45, 7) is 3.23. The number of aryl methyl sites for hydroxylation is 1. The summed E-state index contributed by atoms with van der Waals surface area (Å²) in [5, 5.41) is 3.35. The highest BCUT2D eigenvalue weighted by Crippen LogP contribution is 2.21. The quantitative estimate of drug-likeness (QED) is 0.651. The van der Waals surface area contributed by atoms with E-state index in [2.05, 4.69) is 23.3 Å². The monoisotopic (exact) mass is 148 g/mol. The average Bonchev–Trinajstić information content (AvgIpc) is 1.83. The van der Waals surface area contributed by atoms with Crippen LogP contribution in [0.1, 0.15) is 23.6 Å². The number of nitrogens with zero attached hydrogens (tertiary/aromatic N) is 1. The fourth-order valence-corrected chi connectivity index (χ4v) is 1.34. The predicted octanol–water partition coefficient (Wildman–Crippen LogP) is 1.42. The number of hydrogen-bond acceptors (Lipinski definition) is 2. The van der Waals surface area contributed by atoms with Crippen molar-refractivity contribution in [2.75, 3.05) is 6.54 Å². The predicted molar refractivity (Wildman–Crippen MR) is 44.3 cm³/mol. The molecule has 1 aliphatic heterocycles. The molecule has 2 nitrogen and oxygen atoms in total. The third kappa shape index (κ3) is 1.26. The van der Waals surface area contributed by atoms with Crippen LogP contribution in [0.2, 0.25) is 0 Å². The summed E-state index contributed by atoms with van der Waals surface area (Å²) >= 11 is 0. The van der Waals surface area contributed by atoms with Gasteiger partial charge in [-0.1, -0.05) is 6.07 Å². The normalized spacial score (nSPS) is 22.8. The maximum Gasteiger partial charge on any atom is 0.0347 e.